The summed E-state index contributed by atoms with van der Waals surface area (Å²) in [6, 6.07) is 16.5. The molecule has 1 aromatic heterocycles. The molecule has 0 unspecified atom stereocenters. The van der Waals surface area contributed by atoms with Crippen molar-refractivity contribution in [3.63, 3.8) is 0 Å². The van der Waals surface area contributed by atoms with Gasteiger partial charge in [-0.15, -0.1) is 0 Å². The van der Waals surface area contributed by atoms with Gasteiger partial charge in [-0.25, -0.2) is 4.98 Å². The highest BCUT2D eigenvalue weighted by Crippen LogP contribution is 2.32. The molecule has 0 N–H and O–H groups in total. The fourth-order valence-corrected chi connectivity index (χ4v) is 4.60. The molecule has 0 aliphatic carbocycles. The Labute approximate surface area is 165 Å². The van der Waals surface area contributed by atoms with Gasteiger partial charge in [0, 0.05) is 36.9 Å². The van der Waals surface area contributed by atoms with Crippen LogP contribution >= 0.6 is 0 Å². The molecule has 0 bridgehead atoms. The molecule has 3 aromatic rings. The van der Waals surface area contributed by atoms with Gasteiger partial charge in [-0.3, -0.25) is 4.79 Å². The highest BCUT2D eigenvalue weighted by molar-refractivity contribution is 6.15. The van der Waals surface area contributed by atoms with Crippen LogP contribution in [0.3, 0.4) is 0 Å². The molecule has 2 aromatic carbocycles. The predicted molar refractivity (Wildman–Crippen MR) is 114 cm³/mol. The summed E-state index contributed by atoms with van der Waals surface area (Å²) in [4.78, 5) is 22.6. The normalized spacial score (nSPS) is 16.9. The highest BCUT2D eigenvalue weighted by Gasteiger charge is 2.26. The van der Waals surface area contributed by atoms with Crippen LogP contribution in [0.1, 0.15) is 41.6 Å². The molecule has 1 amide bonds. The second-order valence-electron chi connectivity index (χ2n) is 7.78. The lowest BCUT2D eigenvalue weighted by Crippen LogP contribution is -2.36. The van der Waals surface area contributed by atoms with Crippen LogP contribution in [0.25, 0.3) is 10.8 Å². The van der Waals surface area contributed by atoms with Crippen molar-refractivity contribution in [1.29, 1.82) is 0 Å². The van der Waals surface area contributed by atoms with E-state index in [9.17, 15) is 4.79 Å². The molecule has 2 aliphatic heterocycles. The van der Waals surface area contributed by atoms with Crippen molar-refractivity contribution in [1.82, 2.24) is 4.98 Å². The van der Waals surface area contributed by atoms with E-state index in [1.54, 1.807) is 6.20 Å². The first kappa shape index (κ1) is 17.2. The van der Waals surface area contributed by atoms with Crippen molar-refractivity contribution in [2.24, 2.45) is 0 Å². The SMILES string of the molecule is O=C(c1cnc(N2CCCCC2)c2ccccc12)N1CCCc2ccccc21. The number of carbonyl (C=O) groups excluding carboxylic acids is 1. The quantitative estimate of drug-likeness (QED) is 0.648. The number of nitrogens with zero attached hydrogens (tertiary/aromatic N) is 3. The summed E-state index contributed by atoms with van der Waals surface area (Å²) in [6.45, 7) is 2.85. The van der Waals surface area contributed by atoms with Crippen molar-refractivity contribution in [3.8, 4) is 0 Å². The standard InChI is InChI=1S/C24H25N3O/c28-24(27-16-8-10-18-9-2-5-13-22(18)27)21-17-25-23(26-14-6-1-7-15-26)20-12-4-3-11-19(20)21/h2-5,9,11-13,17H,1,6-8,10,14-16H2. The summed E-state index contributed by atoms with van der Waals surface area (Å²) < 4.78 is 0. The van der Waals surface area contributed by atoms with Gasteiger partial charge in [-0.1, -0.05) is 42.5 Å². The Kier molecular flexibility index (Phi) is 4.47. The molecule has 1 fully saturated rings. The van der Waals surface area contributed by atoms with E-state index in [1.165, 1.54) is 24.8 Å². The van der Waals surface area contributed by atoms with Crippen LogP contribution < -0.4 is 9.80 Å². The molecule has 28 heavy (non-hydrogen) atoms. The number of carbonyl (C=O) groups is 1. The van der Waals surface area contributed by atoms with Gasteiger partial charge in [0.25, 0.3) is 5.91 Å². The third-order valence-corrected chi connectivity index (χ3v) is 6.02. The van der Waals surface area contributed by atoms with Gasteiger partial charge in [0.15, 0.2) is 0 Å². The summed E-state index contributed by atoms with van der Waals surface area (Å²) >= 11 is 0. The maximum atomic E-state index is 13.5. The topological polar surface area (TPSA) is 36.4 Å². The zero-order valence-corrected chi connectivity index (χ0v) is 16.1. The molecule has 5 rings (SSSR count). The van der Waals surface area contributed by atoms with Gasteiger partial charge in [0.2, 0.25) is 0 Å². The van der Waals surface area contributed by atoms with Crippen LogP contribution in [0.4, 0.5) is 11.5 Å². The maximum absolute atomic E-state index is 13.5. The second kappa shape index (κ2) is 7.27. The largest absolute Gasteiger partial charge is 0.356 e. The van der Waals surface area contributed by atoms with Gasteiger partial charge in [0.05, 0.1) is 5.56 Å². The molecule has 4 nitrogen and oxygen atoms in total. The number of fused-ring (bicyclic) bond motifs is 2. The van der Waals surface area contributed by atoms with Gasteiger partial charge < -0.3 is 9.80 Å². The van der Waals surface area contributed by atoms with E-state index in [0.29, 0.717) is 5.56 Å². The van der Waals surface area contributed by atoms with E-state index in [4.69, 9.17) is 4.98 Å². The van der Waals surface area contributed by atoms with E-state index >= 15 is 0 Å². The third-order valence-electron chi connectivity index (χ3n) is 6.02. The van der Waals surface area contributed by atoms with Crippen LogP contribution in [0.2, 0.25) is 0 Å². The molecular weight excluding hydrogens is 346 g/mol. The number of aromatic nitrogens is 1. The molecule has 0 saturated carbocycles. The van der Waals surface area contributed by atoms with Crippen LogP contribution in [-0.4, -0.2) is 30.5 Å². The number of benzene rings is 2. The Hall–Kier alpha value is -2.88. The smallest absolute Gasteiger partial charge is 0.260 e. The number of piperidine rings is 1. The average Bonchev–Trinajstić information content (AvgIpc) is 2.78. The molecule has 3 heterocycles. The number of anilines is 2. The van der Waals surface area contributed by atoms with E-state index in [-0.39, 0.29) is 5.91 Å². The molecule has 2 aliphatic rings. The van der Waals surface area contributed by atoms with Crippen molar-refractivity contribution in [3.05, 3.63) is 65.9 Å². The van der Waals surface area contributed by atoms with E-state index in [1.807, 2.05) is 23.1 Å². The Morgan fingerprint density at radius 3 is 2.43 bits per heavy atom. The van der Waals surface area contributed by atoms with Crippen molar-refractivity contribution in [2.45, 2.75) is 32.1 Å². The lowest BCUT2D eigenvalue weighted by molar-refractivity contribution is 0.0986. The van der Waals surface area contributed by atoms with Crippen LogP contribution in [0, 0.1) is 0 Å². The number of rotatable bonds is 2. The van der Waals surface area contributed by atoms with Gasteiger partial charge in [-0.2, -0.15) is 0 Å². The molecule has 0 atom stereocenters. The Bertz CT molecular complexity index is 1020. The van der Waals surface area contributed by atoms with Gasteiger partial charge >= 0.3 is 0 Å². The third kappa shape index (κ3) is 2.93. The Balaban J connectivity index is 1.58. The number of aryl methyl sites for hydroxylation is 1. The second-order valence-corrected chi connectivity index (χ2v) is 7.78. The minimum Gasteiger partial charge on any atom is -0.356 e. The molecular formula is C24H25N3O. The number of amides is 1. The summed E-state index contributed by atoms with van der Waals surface area (Å²) in [6.07, 6.45) is 7.54. The molecule has 0 spiro atoms. The Morgan fingerprint density at radius 2 is 1.57 bits per heavy atom. The number of hydrogen-bond donors (Lipinski definition) is 0. The lowest BCUT2D eigenvalue weighted by Gasteiger charge is -2.31. The van der Waals surface area contributed by atoms with E-state index < -0.39 is 0 Å². The zero-order chi connectivity index (χ0) is 18.9. The zero-order valence-electron chi connectivity index (χ0n) is 16.1. The number of para-hydroxylation sites is 1. The summed E-state index contributed by atoms with van der Waals surface area (Å²) in [7, 11) is 0. The van der Waals surface area contributed by atoms with E-state index in [2.05, 4.69) is 35.2 Å². The predicted octanol–water partition coefficient (Wildman–Crippen LogP) is 4.82. The number of pyridine rings is 1. The van der Waals surface area contributed by atoms with Crippen LogP contribution in [-0.2, 0) is 6.42 Å². The first-order valence-corrected chi connectivity index (χ1v) is 10.4. The van der Waals surface area contributed by atoms with Gasteiger partial charge in [-0.05, 0) is 49.1 Å². The van der Waals surface area contributed by atoms with Crippen molar-refractivity contribution in [2.75, 3.05) is 29.4 Å². The highest BCUT2D eigenvalue weighted by atomic mass is 16.2. The minimum atomic E-state index is 0.0565. The number of hydrogen-bond acceptors (Lipinski definition) is 3. The molecule has 0 radical (unpaired) electrons. The van der Waals surface area contributed by atoms with Gasteiger partial charge in [0.1, 0.15) is 5.82 Å². The van der Waals surface area contributed by atoms with Crippen LogP contribution in [0.15, 0.2) is 54.7 Å². The maximum Gasteiger partial charge on any atom is 0.260 e. The summed E-state index contributed by atoms with van der Waals surface area (Å²) in [5, 5.41) is 2.09. The molecule has 142 valence electrons. The fourth-order valence-electron chi connectivity index (χ4n) is 4.60. The van der Waals surface area contributed by atoms with Crippen molar-refractivity contribution >= 4 is 28.2 Å². The Morgan fingerprint density at radius 1 is 0.821 bits per heavy atom. The monoisotopic (exact) mass is 371 g/mol. The first-order chi connectivity index (χ1) is 13.8. The van der Waals surface area contributed by atoms with Crippen LogP contribution in [0.5, 0.6) is 0 Å². The molecule has 4 heteroatoms. The fraction of sp³-hybridized carbons (Fsp3) is 0.333. The summed E-state index contributed by atoms with van der Waals surface area (Å²) in [5.41, 5.74) is 3.00. The molecule has 1 saturated heterocycles. The van der Waals surface area contributed by atoms with Crippen molar-refractivity contribution < 1.29 is 4.79 Å². The minimum absolute atomic E-state index is 0.0565. The average molecular weight is 371 g/mol. The van der Waals surface area contributed by atoms with E-state index in [0.717, 1.165) is 54.8 Å². The first-order valence-electron chi connectivity index (χ1n) is 10.4. The lowest BCUT2D eigenvalue weighted by atomic mass is 9.99. The summed E-state index contributed by atoms with van der Waals surface area (Å²) in [5.74, 6) is 1.08.